The summed E-state index contributed by atoms with van der Waals surface area (Å²) < 4.78 is 1.83. The Labute approximate surface area is 180 Å². The van der Waals surface area contributed by atoms with Crippen molar-refractivity contribution in [1.29, 1.82) is 0 Å². The van der Waals surface area contributed by atoms with Gasteiger partial charge in [-0.05, 0) is 19.7 Å². The number of halogens is 1. The Bertz CT molecular complexity index is 708. The van der Waals surface area contributed by atoms with Gasteiger partial charge in [-0.1, -0.05) is 44.2 Å². The lowest BCUT2D eigenvalue weighted by Gasteiger charge is -2.28. The maximum atomic E-state index is 4.37. The fourth-order valence-corrected chi connectivity index (χ4v) is 2.92. The molecule has 1 atom stereocenters. The molecule has 0 saturated heterocycles. The number of benzene rings is 1. The third-order valence-corrected chi connectivity index (χ3v) is 4.67. The summed E-state index contributed by atoms with van der Waals surface area (Å²) in [6.07, 6.45) is 3.97. The van der Waals surface area contributed by atoms with Gasteiger partial charge in [-0.2, -0.15) is 5.10 Å². The number of nitrogens with one attached hydrogen (secondary N) is 2. The molecule has 6 nitrogen and oxygen atoms in total. The molecule has 2 rings (SSSR count). The van der Waals surface area contributed by atoms with E-state index in [0.717, 1.165) is 19.0 Å². The number of aryl methyl sites for hydroxylation is 1. The van der Waals surface area contributed by atoms with E-state index >= 15 is 0 Å². The standard InChI is InChI=1S/C20H32N6.HI/c1-20(2,17-10-8-7-9-11-17)15-23-19(21-3)22-13-18(25(4)5)16-12-24-26(6)14-16;/h7-12,14,18H,13,15H2,1-6H3,(H2,21,22,23);1H. The van der Waals surface area contributed by atoms with Crippen LogP contribution in [-0.2, 0) is 12.5 Å². The molecule has 7 heteroatoms. The van der Waals surface area contributed by atoms with E-state index in [9.17, 15) is 0 Å². The van der Waals surface area contributed by atoms with Gasteiger partial charge in [0.15, 0.2) is 5.96 Å². The Balaban J connectivity index is 0.00000364. The predicted octanol–water partition coefficient (Wildman–Crippen LogP) is 2.78. The Hall–Kier alpha value is -1.61. The molecule has 0 radical (unpaired) electrons. The van der Waals surface area contributed by atoms with Crippen LogP contribution < -0.4 is 10.6 Å². The van der Waals surface area contributed by atoms with Gasteiger partial charge in [0.1, 0.15) is 0 Å². The number of hydrogen-bond acceptors (Lipinski definition) is 3. The summed E-state index contributed by atoms with van der Waals surface area (Å²) in [5.74, 6) is 0.810. The number of guanidine groups is 1. The van der Waals surface area contributed by atoms with Gasteiger partial charge in [-0.3, -0.25) is 9.67 Å². The third-order valence-electron chi connectivity index (χ3n) is 4.67. The monoisotopic (exact) mass is 484 g/mol. The number of hydrogen-bond donors (Lipinski definition) is 2. The van der Waals surface area contributed by atoms with Crippen LogP contribution >= 0.6 is 24.0 Å². The molecule has 150 valence electrons. The van der Waals surface area contributed by atoms with Crippen molar-refractivity contribution in [3.8, 4) is 0 Å². The number of aromatic nitrogens is 2. The van der Waals surface area contributed by atoms with Crippen molar-refractivity contribution in [1.82, 2.24) is 25.3 Å². The summed E-state index contributed by atoms with van der Waals surface area (Å²) in [6.45, 7) is 6.03. The molecule has 1 heterocycles. The van der Waals surface area contributed by atoms with Crippen molar-refractivity contribution in [2.75, 3.05) is 34.2 Å². The zero-order valence-electron chi connectivity index (χ0n) is 17.2. The van der Waals surface area contributed by atoms with Crippen LogP contribution in [0.15, 0.2) is 47.7 Å². The average Bonchev–Trinajstić information content (AvgIpc) is 3.04. The number of rotatable bonds is 7. The van der Waals surface area contributed by atoms with Crippen LogP contribution in [0.4, 0.5) is 0 Å². The Morgan fingerprint density at radius 1 is 1.22 bits per heavy atom. The van der Waals surface area contributed by atoms with Gasteiger partial charge in [0.2, 0.25) is 0 Å². The van der Waals surface area contributed by atoms with Gasteiger partial charge >= 0.3 is 0 Å². The molecule has 0 aliphatic heterocycles. The SMILES string of the molecule is CN=C(NCC(c1cnn(C)c1)N(C)C)NCC(C)(C)c1ccccc1.I. The van der Waals surface area contributed by atoms with E-state index in [0.29, 0.717) is 0 Å². The highest BCUT2D eigenvalue weighted by atomic mass is 127. The second kappa shape index (κ2) is 10.7. The van der Waals surface area contributed by atoms with Crippen LogP contribution in [0.5, 0.6) is 0 Å². The van der Waals surface area contributed by atoms with Crippen molar-refractivity contribution >= 4 is 29.9 Å². The first-order chi connectivity index (χ1) is 12.3. The highest BCUT2D eigenvalue weighted by Crippen LogP contribution is 2.21. The summed E-state index contributed by atoms with van der Waals surface area (Å²) in [5, 5.41) is 11.2. The van der Waals surface area contributed by atoms with Crippen LogP contribution in [0.25, 0.3) is 0 Å². The highest BCUT2D eigenvalue weighted by molar-refractivity contribution is 14.0. The lowest BCUT2D eigenvalue weighted by Crippen LogP contribution is -2.45. The van der Waals surface area contributed by atoms with Gasteiger partial charge in [-0.15, -0.1) is 24.0 Å². The van der Waals surface area contributed by atoms with E-state index in [1.165, 1.54) is 11.1 Å². The van der Waals surface area contributed by atoms with E-state index in [2.05, 4.69) is 84.0 Å². The third kappa shape index (κ3) is 6.80. The van der Waals surface area contributed by atoms with Crippen molar-refractivity contribution in [3.63, 3.8) is 0 Å². The summed E-state index contributed by atoms with van der Waals surface area (Å²) in [4.78, 5) is 6.56. The largest absolute Gasteiger partial charge is 0.356 e. The van der Waals surface area contributed by atoms with Gasteiger partial charge in [0, 0.05) is 44.4 Å². The molecule has 0 amide bonds. The van der Waals surface area contributed by atoms with Crippen LogP contribution in [0.3, 0.4) is 0 Å². The summed E-state index contributed by atoms with van der Waals surface area (Å²) in [5.41, 5.74) is 2.51. The van der Waals surface area contributed by atoms with E-state index in [1.807, 2.05) is 24.0 Å². The second-order valence-electron chi connectivity index (χ2n) is 7.48. The zero-order chi connectivity index (χ0) is 19.2. The predicted molar refractivity (Wildman–Crippen MR) is 124 cm³/mol. The fourth-order valence-electron chi connectivity index (χ4n) is 2.92. The highest BCUT2D eigenvalue weighted by Gasteiger charge is 2.21. The summed E-state index contributed by atoms with van der Waals surface area (Å²) in [6, 6.07) is 10.8. The molecule has 1 aromatic carbocycles. The maximum absolute atomic E-state index is 4.37. The van der Waals surface area contributed by atoms with E-state index in [1.54, 1.807) is 7.05 Å². The smallest absolute Gasteiger partial charge is 0.191 e. The number of aliphatic imine (C=N–C) groups is 1. The lowest BCUT2D eigenvalue weighted by atomic mass is 9.85. The minimum atomic E-state index is 0. The molecule has 0 saturated carbocycles. The quantitative estimate of drug-likeness (QED) is 0.361. The van der Waals surface area contributed by atoms with Gasteiger partial charge in [-0.25, -0.2) is 0 Å². The van der Waals surface area contributed by atoms with Crippen molar-refractivity contribution in [3.05, 3.63) is 53.9 Å². The van der Waals surface area contributed by atoms with E-state index < -0.39 is 0 Å². The molecule has 1 aromatic heterocycles. The molecular weight excluding hydrogens is 451 g/mol. The average molecular weight is 484 g/mol. The Kier molecular flexibility index (Phi) is 9.25. The Morgan fingerprint density at radius 3 is 2.41 bits per heavy atom. The normalized spacial score (nSPS) is 13.2. The topological polar surface area (TPSA) is 57.5 Å². The fraction of sp³-hybridized carbons (Fsp3) is 0.500. The zero-order valence-corrected chi connectivity index (χ0v) is 19.6. The van der Waals surface area contributed by atoms with E-state index in [4.69, 9.17) is 0 Å². The minimum absolute atomic E-state index is 0. The van der Waals surface area contributed by atoms with Crippen molar-refractivity contribution in [2.45, 2.75) is 25.3 Å². The van der Waals surface area contributed by atoms with Crippen LogP contribution in [-0.4, -0.2) is 54.9 Å². The lowest BCUT2D eigenvalue weighted by molar-refractivity contribution is 0.298. The van der Waals surface area contributed by atoms with Crippen molar-refractivity contribution < 1.29 is 0 Å². The summed E-state index contributed by atoms with van der Waals surface area (Å²) >= 11 is 0. The molecule has 0 fully saturated rings. The summed E-state index contributed by atoms with van der Waals surface area (Å²) in [7, 11) is 7.90. The van der Waals surface area contributed by atoms with Gasteiger partial charge < -0.3 is 15.5 Å². The van der Waals surface area contributed by atoms with E-state index in [-0.39, 0.29) is 35.4 Å². The first kappa shape index (κ1) is 23.4. The first-order valence-electron chi connectivity index (χ1n) is 8.98. The van der Waals surface area contributed by atoms with Crippen molar-refractivity contribution in [2.24, 2.45) is 12.0 Å². The van der Waals surface area contributed by atoms with Gasteiger partial charge in [0.05, 0.1) is 12.2 Å². The first-order valence-corrected chi connectivity index (χ1v) is 8.98. The van der Waals surface area contributed by atoms with Crippen LogP contribution in [0, 0.1) is 0 Å². The number of nitrogens with zero attached hydrogens (tertiary/aromatic N) is 4. The van der Waals surface area contributed by atoms with Crippen LogP contribution in [0.2, 0.25) is 0 Å². The molecule has 0 aliphatic carbocycles. The Morgan fingerprint density at radius 2 is 1.89 bits per heavy atom. The molecule has 0 aliphatic rings. The number of likely N-dealkylation sites (N-methyl/N-ethyl adjacent to an activating group) is 1. The molecular formula is C20H33IN6. The molecule has 27 heavy (non-hydrogen) atoms. The van der Waals surface area contributed by atoms with Crippen LogP contribution in [0.1, 0.15) is 31.0 Å². The molecule has 1 unspecified atom stereocenters. The molecule has 0 spiro atoms. The second-order valence-corrected chi connectivity index (χ2v) is 7.48. The molecule has 0 bridgehead atoms. The maximum Gasteiger partial charge on any atom is 0.191 e. The molecule has 2 N–H and O–H groups in total. The molecule has 2 aromatic rings. The minimum Gasteiger partial charge on any atom is -0.356 e. The van der Waals surface area contributed by atoms with Gasteiger partial charge in [0.25, 0.3) is 0 Å².